The van der Waals surface area contributed by atoms with Gasteiger partial charge in [-0.3, -0.25) is 9.89 Å². The Kier molecular flexibility index (Phi) is 9.23. The van der Waals surface area contributed by atoms with Crippen LogP contribution in [0.25, 0.3) is 0 Å². The molecule has 0 radical (unpaired) electrons. The minimum atomic E-state index is -0.452. The average molecular weight is 420 g/mol. The second-order valence-electron chi connectivity index (χ2n) is 8.30. The van der Waals surface area contributed by atoms with Crippen molar-refractivity contribution in [1.29, 1.82) is 0 Å². The Bertz CT molecular complexity index is 694. The van der Waals surface area contributed by atoms with E-state index in [9.17, 15) is 4.79 Å². The third-order valence-corrected chi connectivity index (χ3v) is 4.85. The molecule has 1 heterocycles. The van der Waals surface area contributed by atoms with Gasteiger partial charge < -0.3 is 25.0 Å². The summed E-state index contributed by atoms with van der Waals surface area (Å²) in [6.07, 6.45) is 0.636. The number of para-hydroxylation sites is 1. The zero-order valence-electron chi connectivity index (χ0n) is 19.0. The molecule has 1 fully saturated rings. The summed E-state index contributed by atoms with van der Waals surface area (Å²) in [5.41, 5.74) is 0.720. The first-order chi connectivity index (χ1) is 14.3. The molecule has 0 atom stereocenters. The third-order valence-electron chi connectivity index (χ3n) is 4.85. The average Bonchev–Trinajstić information content (AvgIpc) is 2.72. The lowest BCUT2D eigenvalue weighted by Crippen LogP contribution is -2.51. The molecule has 2 rings (SSSR count). The molecule has 1 aromatic carbocycles. The number of nitrogens with zero attached hydrogens (tertiary/aromatic N) is 3. The van der Waals surface area contributed by atoms with Crippen LogP contribution < -0.4 is 15.4 Å². The van der Waals surface area contributed by atoms with Crippen LogP contribution in [0, 0.1) is 0 Å². The zero-order chi connectivity index (χ0) is 22.0. The minimum Gasteiger partial charge on any atom is -0.496 e. The molecule has 0 bridgehead atoms. The number of nitrogens with one attached hydrogen (secondary N) is 2. The molecule has 0 saturated carbocycles. The van der Waals surface area contributed by atoms with Crippen LogP contribution in [0.5, 0.6) is 5.75 Å². The molecule has 0 unspecified atom stereocenters. The Morgan fingerprint density at radius 3 is 2.40 bits per heavy atom. The predicted molar refractivity (Wildman–Crippen MR) is 120 cm³/mol. The molecule has 1 aliphatic rings. The van der Waals surface area contributed by atoms with Crippen molar-refractivity contribution in [2.24, 2.45) is 4.99 Å². The number of carbonyl (C=O) groups is 1. The van der Waals surface area contributed by atoms with Gasteiger partial charge in [-0.1, -0.05) is 18.2 Å². The molecule has 168 valence electrons. The molecular weight excluding hydrogens is 382 g/mol. The SMILES string of the molecule is CN=C(NCCc1ccccc1OC)NCCN1CCN(C(=O)OC(C)(C)C)CC1. The molecule has 2 N–H and O–H groups in total. The number of amides is 1. The van der Waals surface area contributed by atoms with Crippen molar-refractivity contribution >= 4 is 12.1 Å². The number of methoxy groups -OCH3 is 1. The van der Waals surface area contributed by atoms with Crippen molar-refractivity contribution < 1.29 is 14.3 Å². The van der Waals surface area contributed by atoms with Crippen LogP contribution >= 0.6 is 0 Å². The van der Waals surface area contributed by atoms with Crippen LogP contribution in [0.3, 0.4) is 0 Å². The van der Waals surface area contributed by atoms with Crippen molar-refractivity contribution in [2.75, 3.05) is 60.0 Å². The first-order valence-electron chi connectivity index (χ1n) is 10.6. The quantitative estimate of drug-likeness (QED) is 0.520. The van der Waals surface area contributed by atoms with E-state index in [0.717, 1.165) is 50.9 Å². The molecular formula is C22H37N5O3. The maximum absolute atomic E-state index is 12.1. The molecule has 1 aromatic rings. The normalized spacial score (nSPS) is 15.6. The Hall–Kier alpha value is -2.48. The maximum Gasteiger partial charge on any atom is 0.410 e. The van der Waals surface area contributed by atoms with Crippen LogP contribution in [0.1, 0.15) is 26.3 Å². The van der Waals surface area contributed by atoms with Crippen molar-refractivity contribution in [3.05, 3.63) is 29.8 Å². The standard InChI is InChI=1S/C22H37N5O3/c1-22(2,3)30-21(28)27-16-14-26(15-17-27)13-12-25-20(23-4)24-11-10-18-8-6-7-9-19(18)29-5/h6-9H,10-17H2,1-5H3,(H2,23,24,25). The fourth-order valence-corrected chi connectivity index (χ4v) is 3.26. The van der Waals surface area contributed by atoms with Gasteiger partial charge in [-0.05, 0) is 38.8 Å². The van der Waals surface area contributed by atoms with Crippen LogP contribution in [0.2, 0.25) is 0 Å². The molecule has 30 heavy (non-hydrogen) atoms. The highest BCUT2D eigenvalue weighted by Gasteiger charge is 2.25. The first-order valence-corrected chi connectivity index (χ1v) is 10.6. The lowest BCUT2D eigenvalue weighted by Gasteiger charge is -2.35. The van der Waals surface area contributed by atoms with Crippen molar-refractivity contribution in [2.45, 2.75) is 32.8 Å². The minimum absolute atomic E-state index is 0.222. The van der Waals surface area contributed by atoms with Gasteiger partial charge >= 0.3 is 6.09 Å². The number of benzene rings is 1. The van der Waals surface area contributed by atoms with Crippen molar-refractivity contribution in [1.82, 2.24) is 20.4 Å². The summed E-state index contributed by atoms with van der Waals surface area (Å²) >= 11 is 0. The second-order valence-corrected chi connectivity index (χ2v) is 8.30. The number of hydrogen-bond acceptors (Lipinski definition) is 5. The van der Waals surface area contributed by atoms with Crippen LogP contribution in [-0.2, 0) is 11.2 Å². The van der Waals surface area contributed by atoms with Crippen molar-refractivity contribution in [3.63, 3.8) is 0 Å². The summed E-state index contributed by atoms with van der Waals surface area (Å²) < 4.78 is 10.8. The van der Waals surface area contributed by atoms with Gasteiger partial charge in [0.15, 0.2) is 5.96 Å². The van der Waals surface area contributed by atoms with Gasteiger partial charge in [-0.2, -0.15) is 0 Å². The highest BCUT2D eigenvalue weighted by atomic mass is 16.6. The summed E-state index contributed by atoms with van der Waals surface area (Å²) in [4.78, 5) is 20.6. The van der Waals surface area contributed by atoms with Gasteiger partial charge in [0, 0.05) is 52.9 Å². The van der Waals surface area contributed by atoms with E-state index in [-0.39, 0.29) is 6.09 Å². The van der Waals surface area contributed by atoms with E-state index in [1.807, 2.05) is 39.0 Å². The topological polar surface area (TPSA) is 78.4 Å². The first kappa shape index (κ1) is 23.8. The van der Waals surface area contributed by atoms with E-state index >= 15 is 0 Å². The van der Waals surface area contributed by atoms with Gasteiger partial charge in [0.05, 0.1) is 7.11 Å². The maximum atomic E-state index is 12.1. The van der Waals surface area contributed by atoms with Crippen LogP contribution in [-0.4, -0.2) is 87.4 Å². The Morgan fingerprint density at radius 2 is 1.77 bits per heavy atom. The Morgan fingerprint density at radius 1 is 1.10 bits per heavy atom. The molecule has 8 heteroatoms. The lowest BCUT2D eigenvalue weighted by atomic mass is 10.1. The number of hydrogen-bond donors (Lipinski definition) is 2. The monoisotopic (exact) mass is 419 g/mol. The number of rotatable bonds is 7. The number of guanidine groups is 1. The Balaban J connectivity index is 1.64. The Labute approximate surface area is 180 Å². The third kappa shape index (κ3) is 8.10. The van der Waals surface area contributed by atoms with Gasteiger partial charge in [-0.15, -0.1) is 0 Å². The van der Waals surface area contributed by atoms with E-state index in [2.05, 4.69) is 26.6 Å². The summed E-state index contributed by atoms with van der Waals surface area (Å²) in [5.74, 6) is 1.70. The fraction of sp³-hybridized carbons (Fsp3) is 0.636. The highest BCUT2D eigenvalue weighted by Crippen LogP contribution is 2.17. The summed E-state index contributed by atoms with van der Waals surface area (Å²) in [6.45, 7) is 11.2. The zero-order valence-corrected chi connectivity index (χ0v) is 19.0. The molecule has 0 aromatic heterocycles. The predicted octanol–water partition coefficient (Wildman–Crippen LogP) is 1.96. The molecule has 1 saturated heterocycles. The van der Waals surface area contributed by atoms with E-state index in [1.54, 1.807) is 19.1 Å². The summed E-state index contributed by atoms with van der Waals surface area (Å²) in [6, 6.07) is 8.05. The summed E-state index contributed by atoms with van der Waals surface area (Å²) in [7, 11) is 3.47. The molecule has 8 nitrogen and oxygen atoms in total. The number of ether oxygens (including phenoxy) is 2. The van der Waals surface area contributed by atoms with Gasteiger partial charge in [0.25, 0.3) is 0 Å². The fourth-order valence-electron chi connectivity index (χ4n) is 3.26. The molecule has 1 amide bonds. The summed E-state index contributed by atoms with van der Waals surface area (Å²) in [5, 5.41) is 6.70. The van der Waals surface area contributed by atoms with E-state index in [1.165, 1.54) is 5.56 Å². The van der Waals surface area contributed by atoms with Crippen molar-refractivity contribution in [3.8, 4) is 5.75 Å². The second kappa shape index (κ2) is 11.6. The number of carbonyl (C=O) groups excluding carboxylic acids is 1. The lowest BCUT2D eigenvalue weighted by molar-refractivity contribution is 0.0147. The van der Waals surface area contributed by atoms with Crippen LogP contribution in [0.15, 0.2) is 29.3 Å². The molecule has 1 aliphatic heterocycles. The van der Waals surface area contributed by atoms with Gasteiger partial charge in [0.1, 0.15) is 11.4 Å². The largest absolute Gasteiger partial charge is 0.496 e. The number of aliphatic imine (C=N–C) groups is 1. The molecule has 0 spiro atoms. The van der Waals surface area contributed by atoms with Gasteiger partial charge in [-0.25, -0.2) is 4.79 Å². The van der Waals surface area contributed by atoms with E-state index in [4.69, 9.17) is 9.47 Å². The highest BCUT2D eigenvalue weighted by molar-refractivity contribution is 5.79. The smallest absolute Gasteiger partial charge is 0.410 e. The van der Waals surface area contributed by atoms with Crippen LogP contribution in [0.4, 0.5) is 4.79 Å². The van der Waals surface area contributed by atoms with E-state index in [0.29, 0.717) is 13.1 Å². The van der Waals surface area contributed by atoms with Gasteiger partial charge in [0.2, 0.25) is 0 Å². The molecule has 0 aliphatic carbocycles. The van der Waals surface area contributed by atoms with E-state index < -0.39 is 5.60 Å². The number of piperazine rings is 1.